The summed E-state index contributed by atoms with van der Waals surface area (Å²) in [6.45, 7) is 9.35. The van der Waals surface area contributed by atoms with Crippen molar-refractivity contribution in [3.63, 3.8) is 0 Å². The second kappa shape index (κ2) is 11.6. The minimum Gasteiger partial charge on any atom is -0.491 e. The molecule has 6 nitrogen and oxygen atoms in total. The third kappa shape index (κ3) is 6.79. The first-order valence-electron chi connectivity index (χ1n) is 12.1. The number of amides is 1. The monoisotopic (exact) mass is 452 g/mol. The molecule has 0 saturated carbocycles. The topological polar surface area (TPSA) is 60.0 Å². The van der Waals surface area contributed by atoms with Gasteiger partial charge in [0.1, 0.15) is 12.4 Å². The van der Waals surface area contributed by atoms with Gasteiger partial charge >= 0.3 is 0 Å². The quantitative estimate of drug-likeness (QED) is 0.768. The first-order chi connectivity index (χ1) is 16.1. The van der Waals surface area contributed by atoms with Crippen molar-refractivity contribution >= 4 is 5.91 Å². The second-order valence-corrected chi connectivity index (χ2v) is 9.20. The average Bonchev–Trinajstić information content (AvgIpc) is 2.81. The molecule has 0 spiro atoms. The van der Waals surface area contributed by atoms with Crippen LogP contribution in [0.5, 0.6) is 5.75 Å². The number of hydrogen-bond donors (Lipinski definition) is 1. The van der Waals surface area contributed by atoms with Crippen LogP contribution in [0, 0.1) is 0 Å². The van der Waals surface area contributed by atoms with Crippen molar-refractivity contribution < 1.29 is 19.0 Å². The number of carbonyl (C=O) groups excluding carboxylic acids is 1. The Balaban J connectivity index is 1.56. The summed E-state index contributed by atoms with van der Waals surface area (Å²) in [5.74, 6) is 0.779. The summed E-state index contributed by atoms with van der Waals surface area (Å²) in [5, 5.41) is 3.16. The van der Waals surface area contributed by atoms with E-state index < -0.39 is 0 Å². The molecule has 4 rings (SSSR count). The molecule has 2 bridgehead atoms. The maximum absolute atomic E-state index is 12.9. The van der Waals surface area contributed by atoms with Gasteiger partial charge in [-0.2, -0.15) is 0 Å². The number of rotatable bonds is 3. The molecule has 0 aliphatic carbocycles. The van der Waals surface area contributed by atoms with E-state index in [1.165, 1.54) is 11.1 Å². The number of ether oxygens (including phenoxy) is 3. The minimum absolute atomic E-state index is 0.0336. The van der Waals surface area contributed by atoms with E-state index in [0.717, 1.165) is 37.2 Å². The smallest absolute Gasteiger partial charge is 0.251 e. The van der Waals surface area contributed by atoms with Gasteiger partial charge in [-0.15, -0.1) is 0 Å². The molecule has 0 unspecified atom stereocenters. The summed E-state index contributed by atoms with van der Waals surface area (Å²) in [4.78, 5) is 15.3. The van der Waals surface area contributed by atoms with Gasteiger partial charge in [0, 0.05) is 50.4 Å². The predicted molar refractivity (Wildman–Crippen MR) is 129 cm³/mol. The van der Waals surface area contributed by atoms with E-state index in [9.17, 15) is 4.79 Å². The standard InChI is InChI=1S/C27H36N2O4/c1-20(2)29-10-13-32-14-15-33-26-7-6-23(27(30)28-25-8-11-31-12-9-25)18-24(26)17-21-4-3-5-22(16-21)19-29/h3-7,16,18,20,25H,8-15,17,19H2,1-2H3,(H,28,30). The van der Waals surface area contributed by atoms with Crippen LogP contribution in [0.4, 0.5) is 0 Å². The largest absolute Gasteiger partial charge is 0.491 e. The van der Waals surface area contributed by atoms with Gasteiger partial charge in [0.25, 0.3) is 5.91 Å². The van der Waals surface area contributed by atoms with Crippen LogP contribution in [0.25, 0.3) is 0 Å². The Hall–Kier alpha value is -2.41. The highest BCUT2D eigenvalue weighted by molar-refractivity contribution is 5.94. The van der Waals surface area contributed by atoms with Crippen LogP contribution < -0.4 is 10.1 Å². The summed E-state index contributed by atoms with van der Waals surface area (Å²) in [5.41, 5.74) is 4.19. The molecule has 0 atom stereocenters. The lowest BCUT2D eigenvalue weighted by molar-refractivity contribution is 0.0691. The lowest BCUT2D eigenvalue weighted by Gasteiger charge is -2.27. The van der Waals surface area contributed by atoms with Crippen molar-refractivity contribution in [2.45, 2.75) is 51.7 Å². The predicted octanol–water partition coefficient (Wildman–Crippen LogP) is 3.81. The summed E-state index contributed by atoms with van der Waals surface area (Å²) < 4.78 is 17.3. The highest BCUT2D eigenvalue weighted by atomic mass is 16.5. The lowest BCUT2D eigenvalue weighted by Crippen LogP contribution is -2.38. The van der Waals surface area contributed by atoms with Gasteiger partial charge in [-0.3, -0.25) is 9.69 Å². The maximum atomic E-state index is 12.9. The van der Waals surface area contributed by atoms with Gasteiger partial charge < -0.3 is 19.5 Å². The molecule has 2 aliphatic rings. The summed E-state index contributed by atoms with van der Waals surface area (Å²) in [6, 6.07) is 15.1. The number of fused-ring (bicyclic) bond motifs is 3. The lowest BCUT2D eigenvalue weighted by atomic mass is 9.99. The highest BCUT2D eigenvalue weighted by Crippen LogP contribution is 2.25. The van der Waals surface area contributed by atoms with Crippen molar-refractivity contribution in [2.24, 2.45) is 0 Å². The molecule has 1 fully saturated rings. The maximum Gasteiger partial charge on any atom is 0.251 e. The molecule has 178 valence electrons. The third-order valence-electron chi connectivity index (χ3n) is 6.39. The molecule has 1 saturated heterocycles. The van der Waals surface area contributed by atoms with Crippen LogP contribution in [-0.4, -0.2) is 62.5 Å². The fraction of sp³-hybridized carbons (Fsp3) is 0.519. The number of benzene rings is 2. The Bertz CT molecular complexity index is 924. The van der Waals surface area contributed by atoms with Crippen LogP contribution in [0.1, 0.15) is 53.7 Å². The summed E-state index contributed by atoms with van der Waals surface area (Å²) in [6.07, 6.45) is 2.43. The van der Waals surface area contributed by atoms with Crippen LogP contribution in [0.2, 0.25) is 0 Å². The molecule has 33 heavy (non-hydrogen) atoms. The Morgan fingerprint density at radius 3 is 2.58 bits per heavy atom. The molecule has 1 amide bonds. The minimum atomic E-state index is -0.0336. The molecular formula is C27H36N2O4. The fourth-order valence-corrected chi connectivity index (χ4v) is 4.42. The van der Waals surface area contributed by atoms with Crippen molar-refractivity contribution in [1.82, 2.24) is 10.2 Å². The first-order valence-corrected chi connectivity index (χ1v) is 12.1. The summed E-state index contributed by atoms with van der Waals surface area (Å²) in [7, 11) is 0. The molecule has 6 heteroatoms. The molecule has 0 radical (unpaired) electrons. The van der Waals surface area contributed by atoms with Crippen LogP contribution in [0.3, 0.4) is 0 Å². The van der Waals surface area contributed by atoms with Gasteiger partial charge in [0.05, 0.1) is 13.2 Å². The van der Waals surface area contributed by atoms with Gasteiger partial charge in [-0.05, 0) is 61.6 Å². The average molecular weight is 453 g/mol. The first kappa shape index (κ1) is 23.7. The molecule has 2 aromatic carbocycles. The zero-order valence-corrected chi connectivity index (χ0v) is 19.8. The van der Waals surface area contributed by atoms with E-state index in [0.29, 0.717) is 51.1 Å². The number of nitrogens with one attached hydrogen (secondary N) is 1. The second-order valence-electron chi connectivity index (χ2n) is 9.20. The number of hydrogen-bond acceptors (Lipinski definition) is 5. The van der Waals surface area contributed by atoms with E-state index in [1.54, 1.807) is 0 Å². The molecule has 0 aromatic heterocycles. The SMILES string of the molecule is CC(C)N1CCOCCOc2ccc(C(=O)NC3CCOCC3)cc2Cc2cccc(c2)C1. The van der Waals surface area contributed by atoms with Crippen LogP contribution >= 0.6 is 0 Å². The zero-order valence-electron chi connectivity index (χ0n) is 19.8. The van der Waals surface area contributed by atoms with Crippen molar-refractivity contribution in [2.75, 3.05) is 39.6 Å². The number of nitrogens with zero attached hydrogens (tertiary/aromatic N) is 1. The molecule has 2 heterocycles. The van der Waals surface area contributed by atoms with Crippen LogP contribution in [0.15, 0.2) is 42.5 Å². The third-order valence-corrected chi connectivity index (χ3v) is 6.39. The molecule has 1 N–H and O–H groups in total. The molecular weight excluding hydrogens is 416 g/mol. The Morgan fingerprint density at radius 1 is 0.970 bits per heavy atom. The van der Waals surface area contributed by atoms with Crippen molar-refractivity contribution in [1.29, 1.82) is 0 Å². The zero-order chi connectivity index (χ0) is 23.0. The van der Waals surface area contributed by atoms with Crippen molar-refractivity contribution in [3.05, 3.63) is 64.7 Å². The normalized spacial score (nSPS) is 18.8. The van der Waals surface area contributed by atoms with Gasteiger partial charge in [-0.1, -0.05) is 24.3 Å². The highest BCUT2D eigenvalue weighted by Gasteiger charge is 2.19. The van der Waals surface area contributed by atoms with Crippen LogP contribution in [-0.2, 0) is 22.4 Å². The summed E-state index contributed by atoms with van der Waals surface area (Å²) >= 11 is 0. The molecule has 2 aromatic rings. The van der Waals surface area contributed by atoms with E-state index in [4.69, 9.17) is 14.2 Å². The van der Waals surface area contributed by atoms with Gasteiger partial charge in [0.2, 0.25) is 0 Å². The van der Waals surface area contributed by atoms with Gasteiger partial charge in [0.15, 0.2) is 0 Å². The number of carbonyl (C=O) groups is 1. The van der Waals surface area contributed by atoms with E-state index in [-0.39, 0.29) is 11.9 Å². The Morgan fingerprint density at radius 2 is 1.76 bits per heavy atom. The van der Waals surface area contributed by atoms with Gasteiger partial charge in [-0.25, -0.2) is 0 Å². The fourth-order valence-electron chi connectivity index (χ4n) is 4.42. The van der Waals surface area contributed by atoms with E-state index in [1.807, 2.05) is 18.2 Å². The Kier molecular flexibility index (Phi) is 8.37. The van der Waals surface area contributed by atoms with E-state index in [2.05, 4.69) is 48.3 Å². The Labute approximate surface area is 197 Å². The molecule has 2 aliphatic heterocycles. The van der Waals surface area contributed by atoms with Crippen molar-refractivity contribution in [3.8, 4) is 5.75 Å². The van der Waals surface area contributed by atoms with E-state index >= 15 is 0 Å².